The van der Waals surface area contributed by atoms with Crippen molar-refractivity contribution >= 4 is 17.3 Å². The Hall–Kier alpha value is -3.20. The molecule has 1 aromatic carbocycles. The van der Waals surface area contributed by atoms with Crippen LogP contribution in [0, 0.1) is 11.3 Å². The molecule has 6 nitrogen and oxygen atoms in total. The number of aromatic nitrogens is 2. The van der Waals surface area contributed by atoms with Gasteiger partial charge in [0.25, 0.3) is 0 Å². The van der Waals surface area contributed by atoms with Gasteiger partial charge < -0.3 is 10.3 Å². The monoisotopic (exact) mass is 390 g/mol. The van der Waals surface area contributed by atoms with Crippen LogP contribution in [-0.4, -0.2) is 21.7 Å². The molecule has 0 aliphatic heterocycles. The third kappa shape index (κ3) is 4.80. The predicted octanol–water partition coefficient (Wildman–Crippen LogP) is 4.04. The van der Waals surface area contributed by atoms with E-state index in [-0.39, 0.29) is 29.6 Å². The second-order valence-corrected chi connectivity index (χ2v) is 8.01. The van der Waals surface area contributed by atoms with E-state index in [2.05, 4.69) is 27.4 Å². The van der Waals surface area contributed by atoms with Crippen molar-refractivity contribution in [3.63, 3.8) is 0 Å². The largest absolute Gasteiger partial charge is 0.347 e. The van der Waals surface area contributed by atoms with Crippen LogP contribution in [0.2, 0.25) is 0 Å². The lowest BCUT2D eigenvalue weighted by atomic mass is 9.84. The lowest BCUT2D eigenvalue weighted by Crippen LogP contribution is -2.39. The summed E-state index contributed by atoms with van der Waals surface area (Å²) >= 11 is 0. The molecule has 29 heavy (non-hydrogen) atoms. The minimum atomic E-state index is -0.513. The third-order valence-electron chi connectivity index (χ3n) is 5.27. The van der Waals surface area contributed by atoms with Crippen LogP contribution in [0.15, 0.2) is 30.5 Å². The maximum Gasteiger partial charge on any atom is 0.217 e. The first-order valence-corrected chi connectivity index (χ1v) is 9.90. The summed E-state index contributed by atoms with van der Waals surface area (Å²) in [5.41, 5.74) is 3.99. The second-order valence-electron chi connectivity index (χ2n) is 8.01. The summed E-state index contributed by atoms with van der Waals surface area (Å²) in [4.78, 5) is 31.1. The van der Waals surface area contributed by atoms with Gasteiger partial charge in [0.05, 0.1) is 11.7 Å². The van der Waals surface area contributed by atoms with Gasteiger partial charge in [-0.15, -0.1) is 0 Å². The Kier molecular flexibility index (Phi) is 5.97. The molecule has 1 aromatic heterocycles. The molecule has 0 radical (unpaired) electrons. The topological polar surface area (TPSA) is 98.6 Å². The number of imidazole rings is 1. The van der Waals surface area contributed by atoms with Crippen LogP contribution in [0.5, 0.6) is 0 Å². The molecule has 0 saturated carbocycles. The minimum Gasteiger partial charge on any atom is -0.347 e. The van der Waals surface area contributed by atoms with Gasteiger partial charge in [-0.25, -0.2) is 4.98 Å². The number of nitrogens with zero attached hydrogens (tertiary/aromatic N) is 2. The molecule has 1 aliphatic rings. The maximum atomic E-state index is 12.7. The van der Waals surface area contributed by atoms with Gasteiger partial charge in [0.1, 0.15) is 11.8 Å². The summed E-state index contributed by atoms with van der Waals surface area (Å²) in [6.45, 7) is 5.46. The fraction of sp³-hybridized carbons (Fsp3) is 0.391. The molecule has 1 amide bonds. The van der Waals surface area contributed by atoms with Gasteiger partial charge in [-0.2, -0.15) is 5.26 Å². The number of Topliss-reactive ketones (excluding diaryl/α,β-unsaturated/α-hetero) is 1. The molecule has 6 heteroatoms. The second kappa shape index (κ2) is 8.44. The van der Waals surface area contributed by atoms with Crippen molar-refractivity contribution in [2.75, 3.05) is 0 Å². The summed E-state index contributed by atoms with van der Waals surface area (Å²) in [5.74, 6) is -0.0374. The van der Waals surface area contributed by atoms with E-state index in [0.29, 0.717) is 0 Å². The average Bonchev–Trinajstić information content (AvgIpc) is 3.17. The third-order valence-corrected chi connectivity index (χ3v) is 5.27. The highest BCUT2D eigenvalue weighted by molar-refractivity contribution is 5.95. The number of hydrogen-bond donors (Lipinski definition) is 2. The summed E-state index contributed by atoms with van der Waals surface area (Å²) < 4.78 is 0. The molecular formula is C23H26N4O2. The van der Waals surface area contributed by atoms with Gasteiger partial charge in [0.2, 0.25) is 11.7 Å². The Balaban J connectivity index is 1.97. The van der Waals surface area contributed by atoms with Crippen molar-refractivity contribution in [1.82, 2.24) is 15.3 Å². The zero-order valence-corrected chi connectivity index (χ0v) is 17.1. The predicted molar refractivity (Wildman–Crippen MR) is 111 cm³/mol. The molecule has 150 valence electrons. The normalized spacial score (nSPS) is 14.1. The molecule has 0 saturated heterocycles. The lowest BCUT2D eigenvalue weighted by Gasteiger charge is -2.28. The molecular weight excluding hydrogens is 364 g/mol. The fourth-order valence-electron chi connectivity index (χ4n) is 3.79. The van der Waals surface area contributed by atoms with Crippen molar-refractivity contribution in [3.8, 4) is 6.07 Å². The van der Waals surface area contributed by atoms with E-state index in [0.717, 1.165) is 36.0 Å². The van der Waals surface area contributed by atoms with E-state index in [4.69, 9.17) is 5.26 Å². The highest BCUT2D eigenvalue weighted by Gasteiger charge is 2.24. The molecule has 1 heterocycles. The zero-order valence-electron chi connectivity index (χ0n) is 17.1. The Morgan fingerprint density at radius 2 is 2.10 bits per heavy atom. The Morgan fingerprint density at radius 1 is 1.31 bits per heavy atom. The molecule has 0 bridgehead atoms. The van der Waals surface area contributed by atoms with Crippen molar-refractivity contribution in [2.45, 2.75) is 58.4 Å². The number of carbonyl (C=O) groups is 2. The van der Waals surface area contributed by atoms with E-state index < -0.39 is 5.54 Å². The van der Waals surface area contributed by atoms with Gasteiger partial charge in [0, 0.05) is 13.3 Å². The molecule has 1 aliphatic carbocycles. The van der Waals surface area contributed by atoms with Crippen molar-refractivity contribution in [2.24, 2.45) is 0 Å². The number of allylic oxidation sites excluding steroid dienone is 2. The Bertz CT molecular complexity index is 1010. The van der Waals surface area contributed by atoms with Crippen LogP contribution in [0.1, 0.15) is 79.5 Å². The van der Waals surface area contributed by atoms with E-state index in [1.54, 1.807) is 0 Å². The number of benzene rings is 1. The number of nitriles is 1. The van der Waals surface area contributed by atoms with Crippen molar-refractivity contribution in [1.29, 1.82) is 5.26 Å². The van der Waals surface area contributed by atoms with Crippen LogP contribution in [0.4, 0.5) is 0 Å². The number of aromatic amines is 1. The van der Waals surface area contributed by atoms with Crippen LogP contribution in [0.25, 0.3) is 5.57 Å². The molecule has 0 fully saturated rings. The minimum absolute atomic E-state index is 0.0844. The average molecular weight is 390 g/mol. The molecule has 3 rings (SSSR count). The lowest BCUT2D eigenvalue weighted by molar-refractivity contribution is -0.120. The number of ketones is 1. The Labute approximate surface area is 171 Å². The first-order valence-electron chi connectivity index (χ1n) is 9.90. The number of H-pyrrole nitrogens is 1. The summed E-state index contributed by atoms with van der Waals surface area (Å²) in [6.07, 6.45) is 8.14. The Morgan fingerprint density at radius 3 is 2.72 bits per heavy atom. The van der Waals surface area contributed by atoms with E-state index in [1.165, 1.54) is 25.1 Å². The van der Waals surface area contributed by atoms with E-state index in [9.17, 15) is 9.59 Å². The zero-order chi connectivity index (χ0) is 21.0. The standard InChI is InChI=1S/C23H26N4O2/c1-15(28)27-23(2,3)18-10-9-17(20(12-18)16-7-5-4-6-8-16)11-21(29)22-25-14-19(13-24)26-22/h7,9-10,12,14H,4-6,8,11H2,1-3H3,(H,25,26)(H,27,28). The van der Waals surface area contributed by atoms with E-state index in [1.807, 2.05) is 32.0 Å². The summed E-state index contributed by atoms with van der Waals surface area (Å²) in [6, 6.07) is 7.99. The van der Waals surface area contributed by atoms with Crippen LogP contribution in [0.3, 0.4) is 0 Å². The highest BCUT2D eigenvalue weighted by atomic mass is 16.1. The van der Waals surface area contributed by atoms with Crippen LogP contribution >= 0.6 is 0 Å². The summed E-state index contributed by atoms with van der Waals surface area (Å²) in [7, 11) is 0. The van der Waals surface area contributed by atoms with E-state index >= 15 is 0 Å². The van der Waals surface area contributed by atoms with Crippen molar-refractivity contribution < 1.29 is 9.59 Å². The first kappa shape index (κ1) is 20.5. The number of rotatable bonds is 6. The molecule has 0 spiro atoms. The number of amides is 1. The van der Waals surface area contributed by atoms with Gasteiger partial charge in [-0.05, 0) is 67.9 Å². The highest BCUT2D eigenvalue weighted by Crippen LogP contribution is 2.33. The molecule has 0 atom stereocenters. The van der Waals surface area contributed by atoms with Crippen LogP contribution < -0.4 is 5.32 Å². The van der Waals surface area contributed by atoms with Crippen LogP contribution in [-0.2, 0) is 16.8 Å². The number of nitrogens with one attached hydrogen (secondary N) is 2. The quantitative estimate of drug-likeness (QED) is 0.727. The maximum absolute atomic E-state index is 12.7. The molecule has 0 unspecified atom stereocenters. The van der Waals surface area contributed by atoms with Crippen molar-refractivity contribution in [3.05, 3.63) is 58.7 Å². The van der Waals surface area contributed by atoms with Gasteiger partial charge in [-0.1, -0.05) is 18.2 Å². The summed E-state index contributed by atoms with van der Waals surface area (Å²) in [5, 5.41) is 11.9. The number of hydrogen-bond acceptors (Lipinski definition) is 4. The fourth-order valence-corrected chi connectivity index (χ4v) is 3.79. The molecule has 2 N–H and O–H groups in total. The van der Waals surface area contributed by atoms with Gasteiger partial charge >= 0.3 is 0 Å². The number of carbonyl (C=O) groups excluding carboxylic acids is 2. The van der Waals surface area contributed by atoms with Gasteiger partial charge in [0.15, 0.2) is 5.82 Å². The first-order chi connectivity index (χ1) is 13.8. The SMILES string of the molecule is CC(=O)NC(C)(C)c1ccc(CC(=O)c2ncc(C#N)[nH]2)c(C2=CCCCC2)c1. The smallest absolute Gasteiger partial charge is 0.217 e. The molecule has 2 aromatic rings. The van der Waals surface area contributed by atoms with Gasteiger partial charge in [-0.3, -0.25) is 9.59 Å².